The third-order valence-corrected chi connectivity index (χ3v) is 2.34. The molecule has 0 aromatic carbocycles. The lowest BCUT2D eigenvalue weighted by atomic mass is 9.85. The van der Waals surface area contributed by atoms with Gasteiger partial charge in [-0.05, 0) is 19.3 Å². The van der Waals surface area contributed by atoms with E-state index < -0.39 is 0 Å². The topological polar surface area (TPSA) is 22.2 Å². The molecule has 0 radical (unpaired) electrons. The fourth-order valence-corrected chi connectivity index (χ4v) is 1.99. The predicted molar refractivity (Wildman–Crippen MR) is 57.0 cm³/mol. The van der Waals surface area contributed by atoms with Gasteiger partial charge in [0.25, 0.3) is 0 Å². The Morgan fingerprint density at radius 2 is 1.93 bits per heavy atom. The van der Waals surface area contributed by atoms with Crippen LogP contribution in [-0.2, 0) is 12.1 Å². The smallest absolute Gasteiger partial charge is 0.291 e. The van der Waals surface area contributed by atoms with E-state index in [4.69, 9.17) is 6.57 Å². The van der Waals surface area contributed by atoms with Crippen molar-refractivity contribution >= 4 is 0 Å². The van der Waals surface area contributed by atoms with Crippen LogP contribution in [0.15, 0.2) is 0 Å². The Labute approximate surface area is 85.6 Å². The van der Waals surface area contributed by atoms with Gasteiger partial charge in [0.1, 0.15) is 0 Å². The van der Waals surface area contributed by atoms with Gasteiger partial charge in [0.15, 0.2) is 0 Å². The molecule has 0 atom stereocenters. The number of aryl methyl sites for hydroxylation is 1. The molecule has 0 N–H and O–H groups in total. The van der Waals surface area contributed by atoms with Crippen LogP contribution in [0.2, 0.25) is 0 Å². The zero-order valence-electron chi connectivity index (χ0n) is 9.55. The molecular weight excluding hydrogens is 174 g/mol. The van der Waals surface area contributed by atoms with Gasteiger partial charge in [-0.15, -0.1) is 0 Å². The average molecular weight is 191 g/mol. The largest absolute Gasteiger partial charge is 0.307 e. The van der Waals surface area contributed by atoms with Crippen molar-refractivity contribution in [2.24, 2.45) is 0 Å². The van der Waals surface area contributed by atoms with Gasteiger partial charge in [0.2, 0.25) is 0 Å². The summed E-state index contributed by atoms with van der Waals surface area (Å²) in [5, 5.41) is 4.37. The monoisotopic (exact) mass is 191 g/mol. The molecule has 1 aromatic rings. The van der Waals surface area contributed by atoms with Crippen molar-refractivity contribution in [3.63, 3.8) is 0 Å². The van der Waals surface area contributed by atoms with Crippen molar-refractivity contribution < 1.29 is 0 Å². The van der Waals surface area contributed by atoms with Gasteiger partial charge in [0, 0.05) is 11.3 Å². The Morgan fingerprint density at radius 3 is 2.29 bits per heavy atom. The molecule has 3 heteroatoms. The first-order valence-electron chi connectivity index (χ1n) is 4.75. The van der Waals surface area contributed by atoms with Crippen LogP contribution in [0.25, 0.3) is 4.85 Å². The van der Waals surface area contributed by atoms with Crippen LogP contribution in [0.1, 0.15) is 37.7 Å². The average Bonchev–Trinajstić information content (AvgIpc) is 2.26. The number of hydrogen-bond donors (Lipinski definition) is 0. The highest BCUT2D eigenvalue weighted by Crippen LogP contribution is 2.28. The molecule has 0 aliphatic rings. The van der Waals surface area contributed by atoms with Gasteiger partial charge < -0.3 is 0 Å². The Morgan fingerprint density at radius 1 is 1.36 bits per heavy atom. The van der Waals surface area contributed by atoms with Crippen LogP contribution >= 0.6 is 0 Å². The lowest BCUT2D eigenvalue weighted by Crippen LogP contribution is -2.13. The summed E-state index contributed by atoms with van der Waals surface area (Å²) in [5.41, 5.74) is 3.53. The zero-order chi connectivity index (χ0) is 10.9. The molecule has 0 saturated carbocycles. The Bertz CT molecular complexity index is 374. The van der Waals surface area contributed by atoms with Gasteiger partial charge in [-0.3, -0.25) is 4.85 Å². The molecule has 14 heavy (non-hydrogen) atoms. The lowest BCUT2D eigenvalue weighted by molar-refractivity contribution is 0.578. The molecule has 0 spiro atoms. The second kappa shape index (κ2) is 3.45. The third kappa shape index (κ3) is 1.79. The standard InChI is InChI=1S/C11H17N3/c1-8-10(11(3,4)5)9(2)14(13-8)7-12-6/h7H2,1-5H3. The summed E-state index contributed by atoms with van der Waals surface area (Å²) in [4.78, 5) is 3.35. The zero-order valence-corrected chi connectivity index (χ0v) is 9.55. The summed E-state index contributed by atoms with van der Waals surface area (Å²) in [6, 6.07) is 0. The highest BCUT2D eigenvalue weighted by molar-refractivity contribution is 5.31. The maximum absolute atomic E-state index is 6.84. The molecular formula is C11H17N3. The van der Waals surface area contributed by atoms with E-state index in [9.17, 15) is 0 Å². The predicted octanol–water partition coefficient (Wildman–Crippen LogP) is 2.67. The molecule has 76 valence electrons. The van der Waals surface area contributed by atoms with E-state index in [-0.39, 0.29) is 5.41 Å². The van der Waals surface area contributed by atoms with Gasteiger partial charge in [-0.25, -0.2) is 6.57 Å². The molecule has 0 amide bonds. The van der Waals surface area contributed by atoms with Crippen LogP contribution in [0.3, 0.4) is 0 Å². The van der Waals surface area contributed by atoms with Gasteiger partial charge >= 0.3 is 6.67 Å². The molecule has 1 aromatic heterocycles. The summed E-state index contributed by atoms with van der Waals surface area (Å²) in [5.74, 6) is 0. The van der Waals surface area contributed by atoms with Crippen LogP contribution < -0.4 is 0 Å². The lowest BCUT2D eigenvalue weighted by Gasteiger charge is -2.18. The highest BCUT2D eigenvalue weighted by Gasteiger charge is 2.23. The second-order valence-corrected chi connectivity index (χ2v) is 4.59. The molecule has 3 nitrogen and oxygen atoms in total. The van der Waals surface area contributed by atoms with Crippen LogP contribution in [0, 0.1) is 20.4 Å². The fraction of sp³-hybridized carbons (Fsp3) is 0.636. The molecule has 1 heterocycles. The first-order chi connectivity index (χ1) is 6.38. The molecule has 1 rings (SSSR count). The van der Waals surface area contributed by atoms with E-state index >= 15 is 0 Å². The van der Waals surface area contributed by atoms with E-state index in [2.05, 4.69) is 30.7 Å². The van der Waals surface area contributed by atoms with E-state index in [0.717, 1.165) is 11.4 Å². The van der Waals surface area contributed by atoms with Crippen molar-refractivity contribution in [2.75, 3.05) is 0 Å². The summed E-state index contributed by atoms with van der Waals surface area (Å²) in [6.07, 6.45) is 0. The van der Waals surface area contributed by atoms with Crippen molar-refractivity contribution in [3.8, 4) is 0 Å². The number of rotatable bonds is 1. The summed E-state index contributed by atoms with van der Waals surface area (Å²) < 4.78 is 1.78. The molecule has 0 aliphatic heterocycles. The van der Waals surface area contributed by atoms with E-state index in [0.29, 0.717) is 6.67 Å². The van der Waals surface area contributed by atoms with Crippen molar-refractivity contribution in [1.29, 1.82) is 0 Å². The molecule has 0 aliphatic carbocycles. The Hall–Kier alpha value is -1.30. The second-order valence-electron chi connectivity index (χ2n) is 4.59. The van der Waals surface area contributed by atoms with E-state index in [1.165, 1.54) is 5.56 Å². The van der Waals surface area contributed by atoms with Crippen LogP contribution in [0.4, 0.5) is 0 Å². The quantitative estimate of drug-likeness (QED) is 0.625. The Kier molecular flexibility index (Phi) is 2.66. The highest BCUT2D eigenvalue weighted by atomic mass is 15.3. The number of nitrogens with zero attached hydrogens (tertiary/aromatic N) is 3. The molecule has 0 bridgehead atoms. The van der Waals surface area contributed by atoms with Crippen molar-refractivity contribution in [2.45, 2.75) is 46.7 Å². The summed E-state index contributed by atoms with van der Waals surface area (Å²) >= 11 is 0. The first kappa shape index (κ1) is 10.8. The maximum atomic E-state index is 6.84. The number of aromatic nitrogens is 2. The minimum atomic E-state index is 0.106. The third-order valence-electron chi connectivity index (χ3n) is 2.34. The van der Waals surface area contributed by atoms with Gasteiger partial charge in [0.05, 0.1) is 5.69 Å². The Balaban J connectivity index is 3.27. The van der Waals surface area contributed by atoms with E-state index in [1.807, 2.05) is 13.8 Å². The minimum absolute atomic E-state index is 0.106. The number of hydrogen-bond acceptors (Lipinski definition) is 1. The molecule has 0 fully saturated rings. The minimum Gasteiger partial charge on any atom is -0.291 e. The van der Waals surface area contributed by atoms with Gasteiger partial charge in [-0.2, -0.15) is 9.78 Å². The van der Waals surface area contributed by atoms with Crippen molar-refractivity contribution in [3.05, 3.63) is 28.4 Å². The normalized spacial score (nSPS) is 11.4. The summed E-state index contributed by atoms with van der Waals surface area (Å²) in [6.45, 7) is 17.7. The van der Waals surface area contributed by atoms with Crippen LogP contribution in [0.5, 0.6) is 0 Å². The van der Waals surface area contributed by atoms with Crippen LogP contribution in [-0.4, -0.2) is 9.78 Å². The first-order valence-corrected chi connectivity index (χ1v) is 4.75. The summed E-state index contributed by atoms with van der Waals surface area (Å²) in [7, 11) is 0. The van der Waals surface area contributed by atoms with E-state index in [1.54, 1.807) is 4.68 Å². The van der Waals surface area contributed by atoms with Crippen molar-refractivity contribution in [1.82, 2.24) is 9.78 Å². The van der Waals surface area contributed by atoms with Gasteiger partial charge in [-0.1, -0.05) is 20.8 Å². The SMILES string of the molecule is [C-]#[N+]Cn1nc(C)c(C(C)(C)C)c1C. The molecule has 0 unspecified atom stereocenters. The fourth-order valence-electron chi connectivity index (χ4n) is 1.99. The molecule has 0 saturated heterocycles. The maximum Gasteiger partial charge on any atom is 0.307 e.